The van der Waals surface area contributed by atoms with Gasteiger partial charge in [0.05, 0.1) is 11.4 Å². The van der Waals surface area contributed by atoms with Crippen LogP contribution in [-0.4, -0.2) is 21.6 Å². The highest BCUT2D eigenvalue weighted by Gasteiger charge is 2.05. The Bertz CT molecular complexity index is 804. The molecular formula is C16H13N3OS. The molecule has 1 aromatic heterocycles. The number of nitrogens with zero attached hydrogens (tertiary/aromatic N) is 2. The molecule has 0 aliphatic rings. The Balaban J connectivity index is 1.94. The maximum absolute atomic E-state index is 10.8. The number of amides is 1. The summed E-state index contributed by atoms with van der Waals surface area (Å²) in [6.07, 6.45) is 1.70. The van der Waals surface area contributed by atoms with Crippen LogP contribution < -0.4 is 5.73 Å². The Morgan fingerprint density at radius 3 is 2.71 bits per heavy atom. The SMILES string of the molecule is NC(=O)CSc1nccc(-c2ccc3ccccc3c2)n1. The molecule has 2 N–H and O–H groups in total. The van der Waals surface area contributed by atoms with Gasteiger partial charge in [0.25, 0.3) is 0 Å². The molecule has 0 radical (unpaired) electrons. The van der Waals surface area contributed by atoms with E-state index in [1.807, 2.05) is 24.3 Å². The third-order valence-electron chi connectivity index (χ3n) is 3.02. The van der Waals surface area contributed by atoms with Crippen LogP contribution in [0.4, 0.5) is 0 Å². The van der Waals surface area contributed by atoms with Gasteiger partial charge >= 0.3 is 0 Å². The van der Waals surface area contributed by atoms with Crippen molar-refractivity contribution in [1.29, 1.82) is 0 Å². The average molecular weight is 295 g/mol. The number of fused-ring (bicyclic) bond motifs is 1. The lowest BCUT2D eigenvalue weighted by atomic mass is 10.1. The minimum absolute atomic E-state index is 0.182. The summed E-state index contributed by atoms with van der Waals surface area (Å²) >= 11 is 1.24. The third kappa shape index (κ3) is 3.20. The molecule has 4 nitrogen and oxygen atoms in total. The Hall–Kier alpha value is -2.40. The van der Waals surface area contributed by atoms with Gasteiger partial charge in [-0.15, -0.1) is 0 Å². The number of hydrogen-bond acceptors (Lipinski definition) is 4. The van der Waals surface area contributed by atoms with Crippen LogP contribution in [0.3, 0.4) is 0 Å². The molecule has 0 aliphatic carbocycles. The second-order valence-electron chi connectivity index (χ2n) is 4.54. The molecule has 3 aromatic rings. The van der Waals surface area contributed by atoms with Gasteiger partial charge in [0.2, 0.25) is 5.91 Å². The second kappa shape index (κ2) is 5.93. The van der Waals surface area contributed by atoms with E-state index in [1.165, 1.54) is 22.5 Å². The number of carbonyl (C=O) groups is 1. The van der Waals surface area contributed by atoms with E-state index >= 15 is 0 Å². The third-order valence-corrected chi connectivity index (χ3v) is 3.91. The highest BCUT2D eigenvalue weighted by molar-refractivity contribution is 7.99. The van der Waals surface area contributed by atoms with Crippen molar-refractivity contribution in [1.82, 2.24) is 9.97 Å². The van der Waals surface area contributed by atoms with Crippen molar-refractivity contribution in [2.45, 2.75) is 5.16 Å². The topological polar surface area (TPSA) is 68.9 Å². The maximum Gasteiger partial charge on any atom is 0.227 e. The van der Waals surface area contributed by atoms with E-state index in [4.69, 9.17) is 5.73 Å². The van der Waals surface area contributed by atoms with Crippen LogP contribution in [0.2, 0.25) is 0 Å². The van der Waals surface area contributed by atoms with E-state index in [2.05, 4.69) is 34.2 Å². The highest BCUT2D eigenvalue weighted by Crippen LogP contribution is 2.24. The number of carbonyl (C=O) groups excluding carboxylic acids is 1. The van der Waals surface area contributed by atoms with E-state index in [-0.39, 0.29) is 11.7 Å². The van der Waals surface area contributed by atoms with Crippen LogP contribution in [-0.2, 0) is 4.79 Å². The monoisotopic (exact) mass is 295 g/mol. The van der Waals surface area contributed by atoms with Gasteiger partial charge in [-0.1, -0.05) is 48.2 Å². The van der Waals surface area contributed by atoms with Crippen molar-refractivity contribution in [2.75, 3.05) is 5.75 Å². The van der Waals surface area contributed by atoms with E-state index in [1.54, 1.807) is 6.20 Å². The number of primary amides is 1. The maximum atomic E-state index is 10.8. The summed E-state index contributed by atoms with van der Waals surface area (Å²) in [6.45, 7) is 0. The highest BCUT2D eigenvalue weighted by atomic mass is 32.2. The lowest BCUT2D eigenvalue weighted by Crippen LogP contribution is -2.13. The number of hydrogen-bond donors (Lipinski definition) is 1. The lowest BCUT2D eigenvalue weighted by Gasteiger charge is -2.05. The Kier molecular flexibility index (Phi) is 3.83. The molecule has 0 aliphatic heterocycles. The van der Waals surface area contributed by atoms with E-state index in [9.17, 15) is 4.79 Å². The molecule has 0 fully saturated rings. The molecule has 3 rings (SSSR count). The van der Waals surface area contributed by atoms with Crippen molar-refractivity contribution in [2.24, 2.45) is 5.73 Å². The summed E-state index contributed by atoms with van der Waals surface area (Å²) in [7, 11) is 0. The molecular weight excluding hydrogens is 282 g/mol. The lowest BCUT2D eigenvalue weighted by molar-refractivity contribution is -0.115. The number of nitrogens with two attached hydrogens (primary N) is 1. The minimum Gasteiger partial charge on any atom is -0.369 e. The standard InChI is InChI=1S/C16H13N3OS/c17-15(20)10-21-16-18-8-7-14(19-16)13-6-5-11-3-1-2-4-12(11)9-13/h1-9H,10H2,(H2,17,20). The van der Waals surface area contributed by atoms with Crippen LogP contribution in [0.1, 0.15) is 0 Å². The van der Waals surface area contributed by atoms with Crippen LogP contribution >= 0.6 is 11.8 Å². The average Bonchev–Trinajstić information content (AvgIpc) is 2.53. The van der Waals surface area contributed by atoms with E-state index in [0.29, 0.717) is 5.16 Å². The Morgan fingerprint density at radius 2 is 1.90 bits per heavy atom. The second-order valence-corrected chi connectivity index (χ2v) is 5.48. The normalized spacial score (nSPS) is 10.7. The zero-order valence-corrected chi connectivity index (χ0v) is 12.0. The van der Waals surface area contributed by atoms with Crippen LogP contribution in [0.25, 0.3) is 22.0 Å². The van der Waals surface area contributed by atoms with Crippen molar-refractivity contribution in [3.8, 4) is 11.3 Å². The van der Waals surface area contributed by atoms with Crippen molar-refractivity contribution < 1.29 is 4.79 Å². The molecule has 0 saturated heterocycles. The molecule has 104 valence electrons. The molecule has 1 amide bonds. The first-order valence-electron chi connectivity index (χ1n) is 6.46. The van der Waals surface area contributed by atoms with Crippen LogP contribution in [0.15, 0.2) is 59.9 Å². The van der Waals surface area contributed by atoms with Gasteiger partial charge in [-0.2, -0.15) is 0 Å². The number of aromatic nitrogens is 2. The first kappa shape index (κ1) is 13.6. The largest absolute Gasteiger partial charge is 0.369 e. The van der Waals surface area contributed by atoms with Gasteiger partial charge in [-0.05, 0) is 22.9 Å². The predicted octanol–water partition coefficient (Wildman–Crippen LogP) is 2.87. The summed E-state index contributed by atoms with van der Waals surface area (Å²) in [5, 5.41) is 2.91. The summed E-state index contributed by atoms with van der Waals surface area (Å²) < 4.78 is 0. The first-order valence-corrected chi connectivity index (χ1v) is 7.44. The van der Waals surface area contributed by atoms with Crippen LogP contribution in [0.5, 0.6) is 0 Å². The molecule has 21 heavy (non-hydrogen) atoms. The van der Waals surface area contributed by atoms with Crippen LogP contribution in [0, 0.1) is 0 Å². The van der Waals surface area contributed by atoms with Gasteiger partial charge in [-0.3, -0.25) is 4.79 Å². The van der Waals surface area contributed by atoms with Gasteiger partial charge in [0.15, 0.2) is 5.16 Å². The minimum atomic E-state index is -0.375. The number of benzene rings is 2. The fourth-order valence-electron chi connectivity index (χ4n) is 2.06. The molecule has 0 bridgehead atoms. The molecule has 0 atom stereocenters. The first-order chi connectivity index (χ1) is 10.2. The summed E-state index contributed by atoms with van der Waals surface area (Å²) in [5.74, 6) is -0.194. The summed E-state index contributed by atoms with van der Waals surface area (Å²) in [6, 6.07) is 16.2. The Labute approximate surface area is 126 Å². The van der Waals surface area contributed by atoms with Gasteiger partial charge < -0.3 is 5.73 Å². The molecule has 5 heteroatoms. The summed E-state index contributed by atoms with van der Waals surface area (Å²) in [5.41, 5.74) is 7.00. The fourth-order valence-corrected chi connectivity index (χ4v) is 2.63. The van der Waals surface area contributed by atoms with Gasteiger partial charge in [0, 0.05) is 11.8 Å². The fraction of sp³-hybridized carbons (Fsp3) is 0.0625. The molecule has 0 unspecified atom stereocenters. The quantitative estimate of drug-likeness (QED) is 0.593. The zero-order valence-electron chi connectivity index (χ0n) is 11.2. The summed E-state index contributed by atoms with van der Waals surface area (Å²) in [4.78, 5) is 19.4. The van der Waals surface area contributed by atoms with Gasteiger partial charge in [-0.25, -0.2) is 9.97 Å². The molecule has 1 heterocycles. The van der Waals surface area contributed by atoms with Crippen molar-refractivity contribution in [3.05, 3.63) is 54.7 Å². The smallest absolute Gasteiger partial charge is 0.227 e. The Morgan fingerprint density at radius 1 is 1.10 bits per heavy atom. The predicted molar refractivity (Wildman–Crippen MR) is 84.9 cm³/mol. The van der Waals surface area contributed by atoms with Gasteiger partial charge in [0.1, 0.15) is 0 Å². The van der Waals surface area contributed by atoms with E-state index < -0.39 is 0 Å². The zero-order chi connectivity index (χ0) is 14.7. The molecule has 0 spiro atoms. The van der Waals surface area contributed by atoms with Crippen molar-refractivity contribution >= 4 is 28.4 Å². The molecule has 0 saturated carbocycles. The van der Waals surface area contributed by atoms with Crippen molar-refractivity contribution in [3.63, 3.8) is 0 Å². The number of thioether (sulfide) groups is 1. The van der Waals surface area contributed by atoms with E-state index in [0.717, 1.165) is 11.3 Å². The number of rotatable bonds is 4. The molecule has 2 aromatic carbocycles.